The van der Waals surface area contributed by atoms with Crippen molar-refractivity contribution in [2.45, 2.75) is 103 Å². The van der Waals surface area contributed by atoms with Gasteiger partial charge in [-0.05, 0) is 72.0 Å². The Labute approximate surface area is 197 Å². The number of nitrogens with two attached hydrogens (primary N) is 1. The Morgan fingerprint density at radius 2 is 1.44 bits per heavy atom. The van der Waals surface area contributed by atoms with Gasteiger partial charge >= 0.3 is 5.97 Å². The summed E-state index contributed by atoms with van der Waals surface area (Å²) < 4.78 is 0. The van der Waals surface area contributed by atoms with E-state index >= 15 is 0 Å². The molecule has 0 aromatic heterocycles. The number of carboxylic acids is 1. The molecule has 0 aliphatic carbocycles. The predicted octanol–water partition coefficient (Wildman–Crippen LogP) is 5.10. The third-order valence-electron chi connectivity index (χ3n) is 4.95. The minimum Gasteiger partial charge on any atom is -0.479 e. The first-order chi connectivity index (χ1) is 15.3. The zero-order chi connectivity index (χ0) is 24.5. The number of likely N-dealkylation sites (N-methyl/N-ethyl adjacent to an activating group) is 1. The Kier molecular flexibility index (Phi) is 26.3. The van der Waals surface area contributed by atoms with Gasteiger partial charge in [-0.25, -0.2) is 4.79 Å². The number of carbonyl (C=O) groups excluding carboxylic acids is 1. The Bertz CT molecular complexity index is 490. The van der Waals surface area contributed by atoms with Crippen LogP contribution in [0.1, 0.15) is 97.3 Å². The van der Waals surface area contributed by atoms with Gasteiger partial charge in [-0.3, -0.25) is 9.69 Å². The summed E-state index contributed by atoms with van der Waals surface area (Å²) in [6, 6.07) is 0. The number of rotatable bonds is 20. The van der Waals surface area contributed by atoms with Crippen LogP contribution in [0.3, 0.4) is 0 Å². The number of nitrogens with zero attached hydrogens (tertiary/aromatic N) is 1. The van der Waals surface area contributed by atoms with Crippen LogP contribution < -0.4 is 5.73 Å². The molecule has 0 rings (SSSR count). The second-order valence-electron chi connectivity index (χ2n) is 8.41. The molecule has 0 saturated heterocycles. The van der Waals surface area contributed by atoms with Crippen molar-refractivity contribution in [1.82, 2.24) is 4.90 Å². The van der Waals surface area contributed by atoms with Crippen LogP contribution in [0.4, 0.5) is 0 Å². The number of aliphatic hydroxyl groups excluding tert-OH is 1. The summed E-state index contributed by atoms with van der Waals surface area (Å²) in [4.78, 5) is 23.4. The lowest BCUT2D eigenvalue weighted by Crippen LogP contribution is -2.28. The molecule has 0 spiro atoms. The van der Waals surface area contributed by atoms with Gasteiger partial charge in [-0.15, -0.1) is 0 Å². The SMILES string of the molecule is CC(O)C(=O)O.CCCCC/C=C\C/C=C\CCCCCCCC(=O)CN(C)CCCN. The molecule has 1 atom stereocenters. The van der Waals surface area contributed by atoms with Crippen LogP contribution in [-0.2, 0) is 9.59 Å². The second-order valence-corrected chi connectivity index (χ2v) is 8.41. The van der Waals surface area contributed by atoms with Crippen LogP contribution >= 0.6 is 0 Å². The average Bonchev–Trinajstić information content (AvgIpc) is 2.75. The first kappa shape index (κ1) is 32.7. The number of hydrogen-bond acceptors (Lipinski definition) is 5. The summed E-state index contributed by atoms with van der Waals surface area (Å²) in [6.45, 7) is 5.64. The molecule has 1 unspecified atom stereocenters. The van der Waals surface area contributed by atoms with Gasteiger partial charge in [0.15, 0.2) is 0 Å². The molecule has 4 N–H and O–H groups in total. The Balaban J connectivity index is 0. The number of Topliss-reactive ketones (excluding diaryl/α,β-unsaturated/α-hetero) is 1. The van der Waals surface area contributed by atoms with Crippen molar-refractivity contribution in [1.29, 1.82) is 0 Å². The largest absolute Gasteiger partial charge is 0.479 e. The van der Waals surface area contributed by atoms with Crippen molar-refractivity contribution in [2.24, 2.45) is 5.73 Å². The fourth-order valence-corrected chi connectivity index (χ4v) is 2.95. The fraction of sp³-hybridized carbons (Fsp3) is 0.769. The molecular weight excluding hydrogens is 404 g/mol. The molecule has 188 valence electrons. The smallest absolute Gasteiger partial charge is 0.332 e. The van der Waals surface area contributed by atoms with Crippen molar-refractivity contribution in [2.75, 3.05) is 26.7 Å². The standard InChI is InChI=1S/C23H44N2O.C3H6O3/c1-3-4-5-6-7-8-9-10-11-12-13-14-15-16-17-19-23(26)22-25(2)21-18-20-24;1-2(4)3(5)6/h7-8,10-11H,3-6,9,12-22,24H2,1-2H3;2,4H,1H3,(H,5,6)/b8-7-,11-10-;. The molecule has 0 aliphatic rings. The highest BCUT2D eigenvalue weighted by molar-refractivity contribution is 5.80. The van der Waals surface area contributed by atoms with Gasteiger partial charge in [-0.2, -0.15) is 0 Å². The zero-order valence-corrected chi connectivity index (χ0v) is 20.9. The van der Waals surface area contributed by atoms with E-state index in [1.54, 1.807) is 0 Å². The topological polar surface area (TPSA) is 104 Å². The van der Waals surface area contributed by atoms with E-state index in [9.17, 15) is 9.59 Å². The number of aliphatic hydroxyl groups is 1. The van der Waals surface area contributed by atoms with Crippen molar-refractivity contribution in [3.63, 3.8) is 0 Å². The maximum Gasteiger partial charge on any atom is 0.332 e. The number of carboxylic acid groups (broad SMARTS) is 1. The van der Waals surface area contributed by atoms with E-state index in [-0.39, 0.29) is 0 Å². The van der Waals surface area contributed by atoms with Gasteiger partial charge in [0.05, 0.1) is 6.54 Å². The lowest BCUT2D eigenvalue weighted by atomic mass is 10.1. The van der Waals surface area contributed by atoms with Crippen LogP contribution in [0.5, 0.6) is 0 Å². The molecule has 6 nitrogen and oxygen atoms in total. The number of allylic oxidation sites excluding steroid dienone is 4. The molecule has 0 saturated carbocycles. The number of aliphatic carboxylic acids is 1. The molecule has 0 heterocycles. The normalized spacial score (nSPS) is 12.3. The number of hydrogen-bond donors (Lipinski definition) is 3. The quantitative estimate of drug-likeness (QED) is 0.175. The van der Waals surface area contributed by atoms with E-state index in [0.29, 0.717) is 18.9 Å². The molecule has 0 aromatic carbocycles. The van der Waals surface area contributed by atoms with Crippen LogP contribution in [0, 0.1) is 0 Å². The van der Waals surface area contributed by atoms with Crippen molar-refractivity contribution >= 4 is 11.8 Å². The van der Waals surface area contributed by atoms with Crippen LogP contribution in [0.2, 0.25) is 0 Å². The van der Waals surface area contributed by atoms with E-state index in [2.05, 4.69) is 36.1 Å². The minimum atomic E-state index is -1.23. The highest BCUT2D eigenvalue weighted by atomic mass is 16.4. The Hall–Kier alpha value is -1.50. The second kappa shape index (κ2) is 25.8. The summed E-state index contributed by atoms with van der Waals surface area (Å²) >= 11 is 0. The lowest BCUT2D eigenvalue weighted by molar-refractivity contribution is -0.145. The summed E-state index contributed by atoms with van der Waals surface area (Å²) in [6.07, 6.45) is 23.2. The van der Waals surface area contributed by atoms with Crippen LogP contribution in [-0.4, -0.2) is 59.7 Å². The molecule has 0 bridgehead atoms. The fourth-order valence-electron chi connectivity index (χ4n) is 2.95. The van der Waals surface area contributed by atoms with E-state index in [1.165, 1.54) is 64.7 Å². The summed E-state index contributed by atoms with van der Waals surface area (Å²) in [7, 11) is 2.00. The van der Waals surface area contributed by atoms with E-state index in [0.717, 1.165) is 32.2 Å². The van der Waals surface area contributed by atoms with Gasteiger partial charge in [0.2, 0.25) is 0 Å². The number of carbonyl (C=O) groups is 2. The van der Waals surface area contributed by atoms with Gasteiger partial charge in [0, 0.05) is 6.42 Å². The van der Waals surface area contributed by atoms with Crippen molar-refractivity contribution in [3.05, 3.63) is 24.3 Å². The maximum absolute atomic E-state index is 11.9. The van der Waals surface area contributed by atoms with Crippen LogP contribution in [0.15, 0.2) is 24.3 Å². The molecule has 32 heavy (non-hydrogen) atoms. The first-order valence-electron chi connectivity index (χ1n) is 12.5. The van der Waals surface area contributed by atoms with E-state index in [1.807, 2.05) is 7.05 Å². The molecule has 0 aromatic rings. The van der Waals surface area contributed by atoms with E-state index < -0.39 is 12.1 Å². The molecule has 6 heteroatoms. The average molecular weight is 455 g/mol. The zero-order valence-electron chi connectivity index (χ0n) is 20.9. The van der Waals surface area contributed by atoms with Gasteiger partial charge in [-0.1, -0.05) is 63.3 Å². The third kappa shape index (κ3) is 28.5. The molecular formula is C26H50N2O4. The maximum atomic E-state index is 11.9. The Morgan fingerprint density at radius 3 is 1.97 bits per heavy atom. The van der Waals surface area contributed by atoms with Crippen molar-refractivity contribution < 1.29 is 19.8 Å². The summed E-state index contributed by atoms with van der Waals surface area (Å²) in [5.41, 5.74) is 5.49. The first-order valence-corrected chi connectivity index (χ1v) is 12.5. The van der Waals surface area contributed by atoms with Crippen molar-refractivity contribution in [3.8, 4) is 0 Å². The highest BCUT2D eigenvalue weighted by Crippen LogP contribution is 2.08. The summed E-state index contributed by atoms with van der Waals surface area (Å²) in [5, 5.41) is 15.8. The van der Waals surface area contributed by atoms with Gasteiger partial charge in [0.25, 0.3) is 0 Å². The minimum absolute atomic E-state index is 0.371. The molecule has 0 aliphatic heterocycles. The monoisotopic (exact) mass is 454 g/mol. The molecule has 0 radical (unpaired) electrons. The number of ketones is 1. The highest BCUT2D eigenvalue weighted by Gasteiger charge is 2.05. The van der Waals surface area contributed by atoms with E-state index in [4.69, 9.17) is 15.9 Å². The van der Waals surface area contributed by atoms with Crippen LogP contribution in [0.25, 0.3) is 0 Å². The predicted molar refractivity (Wildman–Crippen MR) is 135 cm³/mol. The molecule has 0 amide bonds. The molecule has 0 fully saturated rings. The number of unbranched alkanes of at least 4 members (excludes halogenated alkanes) is 8. The Morgan fingerprint density at radius 1 is 0.906 bits per heavy atom. The van der Waals surface area contributed by atoms with Gasteiger partial charge < -0.3 is 15.9 Å². The third-order valence-corrected chi connectivity index (χ3v) is 4.95. The lowest BCUT2D eigenvalue weighted by Gasteiger charge is -2.14. The summed E-state index contributed by atoms with van der Waals surface area (Å²) in [5.74, 6) is -0.815. The van der Waals surface area contributed by atoms with Gasteiger partial charge in [0.1, 0.15) is 11.9 Å².